The standard InChI is InChI=1S/C20H22FN7/c1-4-7-14-16(23-13(3)28-19(14)25-18(5-2)26-28)12-27-11-10-22-20(27)15-8-6-9-17(21)24-15/h6,8-11H,4-5,7,12H2,1-3H3. The number of halogens is 1. The summed E-state index contributed by atoms with van der Waals surface area (Å²) in [6.45, 7) is 6.62. The highest BCUT2D eigenvalue weighted by Gasteiger charge is 2.17. The normalized spacial score (nSPS) is 11.4. The SMILES string of the molecule is CCCc1c(Cn2ccnc2-c2cccc(F)n2)nc(C)n2nc(CC)nc12. The second-order valence-corrected chi connectivity index (χ2v) is 6.68. The van der Waals surface area contributed by atoms with Crippen molar-refractivity contribution < 1.29 is 4.39 Å². The number of hydrogen-bond donors (Lipinski definition) is 0. The van der Waals surface area contributed by atoms with Gasteiger partial charge in [-0.2, -0.15) is 8.91 Å². The molecule has 0 aliphatic heterocycles. The third-order valence-corrected chi connectivity index (χ3v) is 4.67. The molecule has 28 heavy (non-hydrogen) atoms. The van der Waals surface area contributed by atoms with Gasteiger partial charge in [-0.05, 0) is 25.5 Å². The predicted octanol–water partition coefficient (Wildman–Crippen LogP) is 3.39. The van der Waals surface area contributed by atoms with Crippen molar-refractivity contribution in [3.05, 3.63) is 59.4 Å². The third-order valence-electron chi connectivity index (χ3n) is 4.67. The Balaban J connectivity index is 1.81. The van der Waals surface area contributed by atoms with E-state index in [1.807, 2.05) is 29.1 Å². The molecule has 0 amide bonds. The van der Waals surface area contributed by atoms with Crippen LogP contribution in [0.4, 0.5) is 4.39 Å². The fraction of sp³-hybridized carbons (Fsp3) is 0.350. The van der Waals surface area contributed by atoms with Gasteiger partial charge in [-0.1, -0.05) is 26.3 Å². The molecular weight excluding hydrogens is 357 g/mol. The van der Waals surface area contributed by atoms with Gasteiger partial charge in [0.15, 0.2) is 17.3 Å². The molecule has 0 unspecified atom stereocenters. The van der Waals surface area contributed by atoms with Crippen LogP contribution in [0.1, 0.15) is 43.2 Å². The van der Waals surface area contributed by atoms with Crippen molar-refractivity contribution in [1.29, 1.82) is 0 Å². The van der Waals surface area contributed by atoms with Gasteiger partial charge in [0.25, 0.3) is 0 Å². The molecule has 0 aliphatic carbocycles. The van der Waals surface area contributed by atoms with Gasteiger partial charge in [0.2, 0.25) is 5.95 Å². The van der Waals surface area contributed by atoms with Gasteiger partial charge in [0.1, 0.15) is 11.5 Å². The minimum atomic E-state index is -0.523. The molecule has 0 N–H and O–H groups in total. The molecule has 0 aromatic carbocycles. The molecule has 144 valence electrons. The van der Waals surface area contributed by atoms with E-state index in [9.17, 15) is 4.39 Å². The van der Waals surface area contributed by atoms with Crippen molar-refractivity contribution in [3.8, 4) is 11.5 Å². The quantitative estimate of drug-likeness (QED) is 0.480. The molecule has 0 aliphatic rings. The average molecular weight is 379 g/mol. The number of aromatic nitrogens is 7. The highest BCUT2D eigenvalue weighted by molar-refractivity contribution is 5.52. The molecule has 4 rings (SSSR count). The Morgan fingerprint density at radius 2 is 1.96 bits per heavy atom. The van der Waals surface area contributed by atoms with Crippen LogP contribution in [-0.4, -0.2) is 34.1 Å². The molecular formula is C20H22FN7. The first-order chi connectivity index (χ1) is 13.6. The smallest absolute Gasteiger partial charge is 0.213 e. The van der Waals surface area contributed by atoms with Crippen LogP contribution in [0.25, 0.3) is 17.2 Å². The fourth-order valence-electron chi connectivity index (χ4n) is 3.37. The summed E-state index contributed by atoms with van der Waals surface area (Å²) in [5.74, 6) is 1.69. The molecule has 0 atom stereocenters. The number of imidazole rings is 1. The lowest BCUT2D eigenvalue weighted by Crippen LogP contribution is -2.12. The van der Waals surface area contributed by atoms with Gasteiger partial charge >= 0.3 is 0 Å². The Bertz CT molecular complexity index is 1130. The Labute approximate surface area is 162 Å². The summed E-state index contributed by atoms with van der Waals surface area (Å²) < 4.78 is 17.3. The van der Waals surface area contributed by atoms with Crippen LogP contribution < -0.4 is 0 Å². The Morgan fingerprint density at radius 3 is 2.71 bits per heavy atom. The zero-order valence-electron chi connectivity index (χ0n) is 16.2. The number of fused-ring (bicyclic) bond motifs is 1. The van der Waals surface area contributed by atoms with Crippen molar-refractivity contribution >= 4 is 5.65 Å². The zero-order valence-corrected chi connectivity index (χ0v) is 16.2. The zero-order chi connectivity index (χ0) is 19.7. The molecule has 0 saturated heterocycles. The van der Waals surface area contributed by atoms with E-state index in [1.165, 1.54) is 6.07 Å². The van der Waals surface area contributed by atoms with E-state index in [2.05, 4.69) is 22.0 Å². The lowest BCUT2D eigenvalue weighted by Gasteiger charge is -2.13. The summed E-state index contributed by atoms with van der Waals surface area (Å²) in [6, 6.07) is 4.71. The van der Waals surface area contributed by atoms with Crippen LogP contribution >= 0.6 is 0 Å². The maximum absolute atomic E-state index is 13.6. The maximum Gasteiger partial charge on any atom is 0.213 e. The first-order valence-electron chi connectivity index (χ1n) is 9.48. The molecule has 7 nitrogen and oxygen atoms in total. The second-order valence-electron chi connectivity index (χ2n) is 6.68. The van der Waals surface area contributed by atoms with E-state index < -0.39 is 5.95 Å². The molecule has 8 heteroatoms. The van der Waals surface area contributed by atoms with Crippen molar-refractivity contribution in [2.45, 2.75) is 46.6 Å². The van der Waals surface area contributed by atoms with Crippen LogP contribution in [0.3, 0.4) is 0 Å². The highest BCUT2D eigenvalue weighted by Crippen LogP contribution is 2.21. The van der Waals surface area contributed by atoms with E-state index in [1.54, 1.807) is 18.3 Å². The Hall–Kier alpha value is -3.16. The molecule has 0 spiro atoms. The molecule has 0 saturated carbocycles. The minimum absolute atomic E-state index is 0.496. The summed E-state index contributed by atoms with van der Waals surface area (Å²) in [5, 5.41) is 4.56. The summed E-state index contributed by atoms with van der Waals surface area (Å²) in [7, 11) is 0. The van der Waals surface area contributed by atoms with Crippen LogP contribution in [0.5, 0.6) is 0 Å². The monoisotopic (exact) mass is 379 g/mol. The lowest BCUT2D eigenvalue weighted by atomic mass is 10.1. The Kier molecular flexibility index (Phi) is 4.85. The van der Waals surface area contributed by atoms with Gasteiger partial charge in [-0.15, -0.1) is 5.10 Å². The molecule has 0 fully saturated rings. The van der Waals surface area contributed by atoms with Crippen LogP contribution in [0.15, 0.2) is 30.6 Å². The molecule has 4 aromatic rings. The average Bonchev–Trinajstić information content (AvgIpc) is 3.32. The van der Waals surface area contributed by atoms with Gasteiger partial charge in [0.05, 0.1) is 12.2 Å². The third kappa shape index (κ3) is 3.26. The van der Waals surface area contributed by atoms with Gasteiger partial charge in [-0.3, -0.25) is 0 Å². The minimum Gasteiger partial charge on any atom is -0.324 e. The van der Waals surface area contributed by atoms with E-state index >= 15 is 0 Å². The topological polar surface area (TPSA) is 73.8 Å². The molecule has 4 heterocycles. The molecule has 0 radical (unpaired) electrons. The summed E-state index contributed by atoms with van der Waals surface area (Å²) in [4.78, 5) is 17.9. The summed E-state index contributed by atoms with van der Waals surface area (Å²) in [6.07, 6.45) is 6.16. The van der Waals surface area contributed by atoms with Crippen molar-refractivity contribution in [1.82, 2.24) is 34.1 Å². The number of hydrogen-bond acceptors (Lipinski definition) is 5. The summed E-state index contributed by atoms with van der Waals surface area (Å²) in [5.41, 5.74) is 3.38. The second kappa shape index (κ2) is 7.46. The van der Waals surface area contributed by atoms with Gasteiger partial charge in [0, 0.05) is 24.4 Å². The summed E-state index contributed by atoms with van der Waals surface area (Å²) >= 11 is 0. The number of aryl methyl sites for hydroxylation is 3. The van der Waals surface area contributed by atoms with Crippen molar-refractivity contribution in [3.63, 3.8) is 0 Å². The van der Waals surface area contributed by atoms with E-state index in [-0.39, 0.29) is 0 Å². The lowest BCUT2D eigenvalue weighted by molar-refractivity contribution is 0.584. The van der Waals surface area contributed by atoms with Crippen LogP contribution in [0, 0.1) is 12.9 Å². The maximum atomic E-state index is 13.6. The van der Waals surface area contributed by atoms with Crippen molar-refractivity contribution in [2.24, 2.45) is 0 Å². The van der Waals surface area contributed by atoms with E-state index in [0.29, 0.717) is 18.1 Å². The van der Waals surface area contributed by atoms with Crippen molar-refractivity contribution in [2.75, 3.05) is 0 Å². The first-order valence-corrected chi connectivity index (χ1v) is 9.48. The van der Waals surface area contributed by atoms with Crippen LogP contribution in [0.2, 0.25) is 0 Å². The number of pyridine rings is 1. The Morgan fingerprint density at radius 1 is 1.11 bits per heavy atom. The van der Waals surface area contributed by atoms with Gasteiger partial charge < -0.3 is 4.57 Å². The highest BCUT2D eigenvalue weighted by atomic mass is 19.1. The van der Waals surface area contributed by atoms with E-state index in [4.69, 9.17) is 9.97 Å². The predicted molar refractivity (Wildman–Crippen MR) is 103 cm³/mol. The van der Waals surface area contributed by atoms with Gasteiger partial charge in [-0.25, -0.2) is 19.9 Å². The number of rotatable bonds is 6. The largest absolute Gasteiger partial charge is 0.324 e. The first kappa shape index (κ1) is 18.2. The van der Waals surface area contributed by atoms with E-state index in [0.717, 1.165) is 47.8 Å². The fourth-order valence-corrected chi connectivity index (χ4v) is 3.37. The van der Waals surface area contributed by atoms with Crippen LogP contribution in [-0.2, 0) is 19.4 Å². The molecule has 4 aromatic heterocycles. The molecule has 0 bridgehead atoms. The number of nitrogens with zero attached hydrogens (tertiary/aromatic N) is 7.